The maximum absolute atomic E-state index is 12.9. The zero-order valence-corrected chi connectivity index (χ0v) is 14.8. The van der Waals surface area contributed by atoms with Crippen LogP contribution in [0.4, 0.5) is 5.69 Å². The molecule has 2 amide bonds. The minimum atomic E-state index is -0.810. The van der Waals surface area contributed by atoms with E-state index in [4.69, 9.17) is 11.4 Å². The lowest BCUT2D eigenvalue weighted by Gasteiger charge is -2.23. The SMILES string of the molecule is [N-]=[N+]=NC(=O)Cn1c2c(cc(NC(=O)c3ccccc3)c1=O)/C(=N\N)CCC2. The van der Waals surface area contributed by atoms with Crippen molar-refractivity contribution in [3.8, 4) is 0 Å². The molecule has 1 aliphatic rings. The molecule has 28 heavy (non-hydrogen) atoms. The van der Waals surface area contributed by atoms with Crippen molar-refractivity contribution >= 4 is 23.2 Å². The zero-order valence-electron chi connectivity index (χ0n) is 14.8. The summed E-state index contributed by atoms with van der Waals surface area (Å²) in [4.78, 5) is 39.7. The molecular formula is C18H17N7O3. The van der Waals surface area contributed by atoms with Gasteiger partial charge in [0.05, 0.1) is 12.3 Å². The van der Waals surface area contributed by atoms with E-state index in [9.17, 15) is 14.4 Å². The molecule has 0 atom stereocenters. The number of fused-ring (bicyclic) bond motifs is 1. The van der Waals surface area contributed by atoms with E-state index < -0.39 is 23.9 Å². The van der Waals surface area contributed by atoms with Crippen molar-refractivity contribution in [3.63, 3.8) is 0 Å². The summed E-state index contributed by atoms with van der Waals surface area (Å²) in [5, 5.41) is 9.39. The van der Waals surface area contributed by atoms with Crippen molar-refractivity contribution in [2.45, 2.75) is 25.8 Å². The average Bonchev–Trinajstić information content (AvgIpc) is 2.71. The number of anilines is 1. The Bertz CT molecular complexity index is 1070. The van der Waals surface area contributed by atoms with Crippen LogP contribution >= 0.6 is 0 Å². The fraction of sp³-hybridized carbons (Fsp3) is 0.222. The minimum Gasteiger partial charge on any atom is -0.323 e. The van der Waals surface area contributed by atoms with Gasteiger partial charge >= 0.3 is 0 Å². The summed E-state index contributed by atoms with van der Waals surface area (Å²) in [6.07, 6.45) is 1.84. The number of hydrogen-bond donors (Lipinski definition) is 2. The van der Waals surface area contributed by atoms with E-state index in [2.05, 4.69) is 20.4 Å². The first-order chi connectivity index (χ1) is 13.5. The lowest BCUT2D eigenvalue weighted by atomic mass is 9.93. The second-order valence-corrected chi connectivity index (χ2v) is 6.14. The first-order valence-corrected chi connectivity index (χ1v) is 8.53. The van der Waals surface area contributed by atoms with Crippen LogP contribution < -0.4 is 16.7 Å². The van der Waals surface area contributed by atoms with Gasteiger partial charge in [-0.25, -0.2) is 0 Å². The molecular weight excluding hydrogens is 362 g/mol. The number of hydrogen-bond acceptors (Lipinski definition) is 5. The van der Waals surface area contributed by atoms with Crippen LogP contribution in [-0.2, 0) is 17.8 Å². The van der Waals surface area contributed by atoms with Crippen molar-refractivity contribution in [3.05, 3.63) is 74.0 Å². The summed E-state index contributed by atoms with van der Waals surface area (Å²) >= 11 is 0. The summed E-state index contributed by atoms with van der Waals surface area (Å²) < 4.78 is 1.21. The third-order valence-corrected chi connectivity index (χ3v) is 4.43. The number of amides is 2. The van der Waals surface area contributed by atoms with Gasteiger partial charge in [0.15, 0.2) is 0 Å². The highest BCUT2D eigenvalue weighted by Gasteiger charge is 2.24. The molecule has 1 aliphatic carbocycles. The quantitative estimate of drug-likeness (QED) is 0.274. The van der Waals surface area contributed by atoms with Gasteiger partial charge in [-0.3, -0.25) is 14.4 Å². The van der Waals surface area contributed by atoms with Crippen LogP contribution in [0.5, 0.6) is 0 Å². The Balaban J connectivity index is 2.10. The molecule has 2 aromatic rings. The molecule has 1 heterocycles. The monoisotopic (exact) mass is 379 g/mol. The van der Waals surface area contributed by atoms with Gasteiger partial charge in [0.1, 0.15) is 5.69 Å². The van der Waals surface area contributed by atoms with Crippen LogP contribution in [0, 0.1) is 0 Å². The van der Waals surface area contributed by atoms with Crippen LogP contribution in [0.3, 0.4) is 0 Å². The molecule has 0 bridgehead atoms. The largest absolute Gasteiger partial charge is 0.323 e. The number of carbonyl (C=O) groups is 2. The Labute approximate surface area is 159 Å². The Morgan fingerprint density at radius 2 is 2.00 bits per heavy atom. The molecule has 0 fully saturated rings. The Morgan fingerprint density at radius 1 is 1.25 bits per heavy atom. The van der Waals surface area contributed by atoms with Gasteiger partial charge in [0.25, 0.3) is 11.5 Å². The highest BCUT2D eigenvalue weighted by Crippen LogP contribution is 2.23. The molecule has 0 saturated heterocycles. The molecule has 10 heteroatoms. The number of carbonyl (C=O) groups excluding carboxylic acids is 2. The van der Waals surface area contributed by atoms with Crippen molar-refractivity contribution in [1.29, 1.82) is 0 Å². The number of nitrogens with two attached hydrogens (primary N) is 1. The van der Waals surface area contributed by atoms with E-state index in [0.717, 1.165) is 0 Å². The van der Waals surface area contributed by atoms with Crippen molar-refractivity contribution < 1.29 is 9.59 Å². The summed E-state index contributed by atoms with van der Waals surface area (Å²) in [5.74, 6) is 4.20. The zero-order chi connectivity index (χ0) is 20.1. The number of hydrazone groups is 1. The Morgan fingerprint density at radius 3 is 2.68 bits per heavy atom. The number of nitrogens with zero attached hydrogens (tertiary/aromatic N) is 5. The highest BCUT2D eigenvalue weighted by atomic mass is 16.2. The number of pyridine rings is 1. The van der Waals surface area contributed by atoms with Gasteiger partial charge < -0.3 is 15.7 Å². The number of aromatic nitrogens is 1. The lowest BCUT2D eigenvalue weighted by Crippen LogP contribution is -2.33. The van der Waals surface area contributed by atoms with Gasteiger partial charge in [-0.2, -0.15) is 5.10 Å². The maximum Gasteiger partial charge on any atom is 0.274 e. The van der Waals surface area contributed by atoms with E-state index in [-0.39, 0.29) is 5.69 Å². The molecule has 3 N–H and O–H groups in total. The van der Waals surface area contributed by atoms with Gasteiger partial charge in [-0.05, 0) is 48.1 Å². The molecule has 1 aromatic heterocycles. The second-order valence-electron chi connectivity index (χ2n) is 6.14. The molecule has 0 unspecified atom stereocenters. The first kappa shape index (κ1) is 18.9. The van der Waals surface area contributed by atoms with Gasteiger partial charge in [-0.15, -0.1) is 0 Å². The van der Waals surface area contributed by atoms with Crippen LogP contribution in [0.15, 0.2) is 51.4 Å². The predicted molar refractivity (Wildman–Crippen MR) is 103 cm³/mol. The summed E-state index contributed by atoms with van der Waals surface area (Å²) in [6, 6.07) is 9.94. The summed E-state index contributed by atoms with van der Waals surface area (Å²) in [7, 11) is 0. The van der Waals surface area contributed by atoms with Crippen LogP contribution in [0.25, 0.3) is 10.4 Å². The van der Waals surface area contributed by atoms with Crippen molar-refractivity contribution in [1.82, 2.24) is 4.57 Å². The molecule has 3 rings (SSSR count). The van der Waals surface area contributed by atoms with Crippen LogP contribution in [0.1, 0.15) is 34.5 Å². The van der Waals surface area contributed by atoms with Gasteiger partial charge in [0, 0.05) is 21.7 Å². The normalized spacial score (nSPS) is 14.1. The van der Waals surface area contributed by atoms with Gasteiger partial charge in [0.2, 0.25) is 5.91 Å². The molecule has 142 valence electrons. The van der Waals surface area contributed by atoms with Gasteiger partial charge in [-0.1, -0.05) is 18.2 Å². The average molecular weight is 379 g/mol. The standard InChI is InChI=1S/C18H17N7O3/c19-22-13-7-4-8-15-12(13)9-14(18(28)25(15)10-16(26)23-24-20)21-17(27)11-5-2-1-3-6-11/h1-3,5-6,9H,4,7-8,10,19H2,(H,21,27)/b22-13-. The number of benzene rings is 1. The number of azide groups is 1. The molecule has 0 spiro atoms. The maximum atomic E-state index is 12.9. The molecule has 1 aromatic carbocycles. The second kappa shape index (κ2) is 8.19. The fourth-order valence-corrected chi connectivity index (χ4v) is 3.17. The van der Waals surface area contributed by atoms with Crippen LogP contribution in [0.2, 0.25) is 0 Å². The van der Waals surface area contributed by atoms with E-state index in [1.165, 1.54) is 10.6 Å². The molecule has 0 aliphatic heterocycles. The van der Waals surface area contributed by atoms with E-state index in [1.54, 1.807) is 30.3 Å². The summed E-state index contributed by atoms with van der Waals surface area (Å²) in [6.45, 7) is -0.432. The third kappa shape index (κ3) is 3.76. The fourth-order valence-electron chi connectivity index (χ4n) is 3.17. The molecule has 10 nitrogen and oxygen atoms in total. The van der Waals surface area contributed by atoms with E-state index >= 15 is 0 Å². The molecule has 0 saturated carbocycles. The lowest BCUT2D eigenvalue weighted by molar-refractivity contribution is -0.118. The molecule has 0 radical (unpaired) electrons. The minimum absolute atomic E-state index is 0.00982. The summed E-state index contributed by atoms with van der Waals surface area (Å²) in [5.41, 5.74) is 9.99. The topological polar surface area (TPSA) is 155 Å². The number of nitrogens with one attached hydrogen (secondary N) is 1. The predicted octanol–water partition coefficient (Wildman–Crippen LogP) is 1.94. The smallest absolute Gasteiger partial charge is 0.274 e. The Kier molecular flexibility index (Phi) is 5.52. The van der Waals surface area contributed by atoms with Crippen molar-refractivity contribution in [2.24, 2.45) is 16.1 Å². The van der Waals surface area contributed by atoms with E-state index in [1.807, 2.05) is 0 Å². The number of rotatable bonds is 4. The van der Waals surface area contributed by atoms with E-state index in [0.29, 0.717) is 41.8 Å². The highest BCUT2D eigenvalue weighted by molar-refractivity contribution is 6.06. The van der Waals surface area contributed by atoms with Crippen LogP contribution in [-0.4, -0.2) is 22.1 Å². The third-order valence-electron chi connectivity index (χ3n) is 4.43. The first-order valence-electron chi connectivity index (χ1n) is 8.53. The van der Waals surface area contributed by atoms with Crippen molar-refractivity contribution in [2.75, 3.05) is 5.32 Å². The Hall–Kier alpha value is -3.91.